The van der Waals surface area contributed by atoms with Crippen LogP contribution in [-0.4, -0.2) is 0 Å². The van der Waals surface area contributed by atoms with Crippen LogP contribution in [0.4, 0.5) is 35.1 Å². The van der Waals surface area contributed by atoms with E-state index in [1.165, 1.54) is 23.7 Å². The third kappa shape index (κ3) is 9.57. The molecule has 2 rings (SSSR count). The minimum atomic E-state index is -1.84. The van der Waals surface area contributed by atoms with E-state index in [9.17, 15) is 35.1 Å². The Balaban J connectivity index is 0. The minimum Gasteiger partial charge on any atom is -0.277 e. The first-order valence-electron chi connectivity index (χ1n) is 6.50. The molecule has 28 heavy (non-hydrogen) atoms. The summed E-state index contributed by atoms with van der Waals surface area (Å²) >= 11 is 0. The molecule has 2 atom stereocenters. The maximum Gasteiger partial charge on any atom is 1.00 e. The Labute approximate surface area is 182 Å². The van der Waals surface area contributed by atoms with Gasteiger partial charge in [0.1, 0.15) is 23.3 Å². The summed E-state index contributed by atoms with van der Waals surface area (Å²) in [6.07, 6.45) is 0. The van der Waals surface area contributed by atoms with E-state index < -0.39 is 46.5 Å². The molecule has 0 spiro atoms. The van der Waals surface area contributed by atoms with Crippen molar-refractivity contribution in [1.29, 1.82) is 0 Å². The topological polar surface area (TPSA) is 0 Å². The van der Waals surface area contributed by atoms with E-state index >= 15 is 0 Å². The molecule has 0 saturated heterocycles. The van der Waals surface area contributed by atoms with E-state index in [4.69, 9.17) is 0 Å². The largest absolute Gasteiger partial charge is 1.00 e. The van der Waals surface area contributed by atoms with Crippen molar-refractivity contribution in [3.8, 4) is 0 Å². The average Bonchev–Trinajstić information content (AvgIpc) is 2.71. The van der Waals surface area contributed by atoms with Crippen LogP contribution < -0.4 is 37.7 Å². The third-order valence-corrected chi connectivity index (χ3v) is 3.84. The number of hydrogen-bond donors (Lipinski definition) is 0. The minimum absolute atomic E-state index is 0. The normalized spacial score (nSPS) is 9.43. The van der Waals surface area contributed by atoms with Gasteiger partial charge in [0.25, 0.3) is 0 Å². The smallest absolute Gasteiger partial charge is 0.277 e. The van der Waals surface area contributed by atoms with E-state index in [1.54, 1.807) is 0 Å². The summed E-state index contributed by atoms with van der Waals surface area (Å²) in [6.45, 7) is 0. The molecular formula is C16H8F8Li2P2. The van der Waals surface area contributed by atoms with Gasteiger partial charge < -0.3 is 0 Å². The van der Waals surface area contributed by atoms with E-state index in [1.807, 2.05) is 11.6 Å². The van der Waals surface area contributed by atoms with Crippen molar-refractivity contribution in [1.82, 2.24) is 0 Å². The van der Waals surface area contributed by atoms with Crippen molar-refractivity contribution in [2.75, 3.05) is 0 Å². The van der Waals surface area contributed by atoms with Gasteiger partial charge in [0.05, 0.1) is 23.3 Å². The van der Waals surface area contributed by atoms with Crippen molar-refractivity contribution >= 4 is 16.4 Å². The summed E-state index contributed by atoms with van der Waals surface area (Å²) < 4.78 is 100. The first-order chi connectivity index (χ1) is 12.3. The van der Waals surface area contributed by atoms with Gasteiger partial charge in [-0.3, -0.25) is 25.2 Å². The molecule has 0 aromatic carbocycles. The van der Waals surface area contributed by atoms with Gasteiger partial charge in [-0.2, -0.15) is 0 Å². The van der Waals surface area contributed by atoms with E-state index in [-0.39, 0.29) is 54.1 Å². The van der Waals surface area contributed by atoms with Crippen LogP contribution in [0.25, 0.3) is 0 Å². The summed E-state index contributed by atoms with van der Waals surface area (Å²) in [5.74, 6) is -6.61. The van der Waals surface area contributed by atoms with E-state index in [0.717, 1.165) is 12.1 Å². The first-order valence-corrected chi connectivity index (χ1v) is 8.65. The molecule has 12 heteroatoms. The van der Waals surface area contributed by atoms with Crippen LogP contribution in [0.2, 0.25) is 0 Å². The van der Waals surface area contributed by atoms with Gasteiger partial charge in [-0.25, -0.2) is 26.3 Å². The fraction of sp³-hybridized carbons (Fsp3) is 0. The van der Waals surface area contributed by atoms with Crippen LogP contribution in [0.3, 0.4) is 0 Å². The van der Waals surface area contributed by atoms with Gasteiger partial charge in [-0.15, -0.1) is 35.3 Å². The van der Waals surface area contributed by atoms with Gasteiger partial charge in [-0.1, -0.05) is 0 Å². The summed E-state index contributed by atoms with van der Waals surface area (Å²) in [4.78, 5) is 0. The van der Waals surface area contributed by atoms with Gasteiger partial charge in [0.15, 0.2) is 0 Å². The Morgan fingerprint density at radius 3 is 1.18 bits per heavy atom. The summed E-state index contributed by atoms with van der Waals surface area (Å²) in [7, 11) is -0.526. The van der Waals surface area contributed by atoms with Gasteiger partial charge in [0, 0.05) is 0 Å². The quantitative estimate of drug-likeness (QED) is 0.324. The summed E-state index contributed by atoms with van der Waals surface area (Å²) in [6, 6.07) is 3.79. The second-order valence-electron chi connectivity index (χ2n) is 4.17. The number of hydrogen-bond acceptors (Lipinski definition) is 0. The maximum atomic E-state index is 12.6. The van der Waals surface area contributed by atoms with Crippen LogP contribution in [-0.2, 0) is 0 Å². The monoisotopic (exact) mass is 428 g/mol. The van der Waals surface area contributed by atoms with Crippen LogP contribution in [0.1, 0.15) is 0 Å². The van der Waals surface area contributed by atoms with Gasteiger partial charge in [-0.05, 0) is 12.1 Å². The Hall–Kier alpha value is -0.845. The fourth-order valence-corrected chi connectivity index (χ4v) is 2.25. The molecule has 2 aromatic heterocycles. The zero-order chi connectivity index (χ0) is 19.7. The molecule has 0 fully saturated rings. The molecule has 0 aliphatic carbocycles. The predicted octanol–water partition coefficient (Wildman–Crippen LogP) is 0.406. The molecule has 140 valence electrons. The first kappa shape index (κ1) is 29.4. The zero-order valence-corrected chi connectivity index (χ0v) is 16.5. The van der Waals surface area contributed by atoms with Crippen LogP contribution in [0.15, 0.2) is 35.9 Å². The molecule has 2 aromatic rings. The Morgan fingerprint density at radius 2 is 0.857 bits per heavy atom. The molecule has 2 unspecified atom stereocenters. The Bertz CT molecular complexity index is 731. The van der Waals surface area contributed by atoms with Crippen molar-refractivity contribution < 1.29 is 72.8 Å². The molecule has 0 aliphatic rings. The maximum absolute atomic E-state index is 12.6. The van der Waals surface area contributed by atoms with Crippen LogP contribution in [0.5, 0.6) is 0 Å². The molecule has 0 aliphatic heterocycles. The predicted molar refractivity (Wildman–Crippen MR) is 84.5 cm³/mol. The summed E-state index contributed by atoms with van der Waals surface area (Å²) in [5, 5.41) is 0. The van der Waals surface area contributed by atoms with Crippen molar-refractivity contribution in [3.63, 3.8) is 0 Å². The molecule has 2 heterocycles. The summed E-state index contributed by atoms with van der Waals surface area (Å²) in [5.41, 5.74) is 0. The van der Waals surface area contributed by atoms with Crippen LogP contribution in [0, 0.1) is 58.1 Å². The second kappa shape index (κ2) is 15.1. The SMILES string of the molecule is Fc1[c-][pH]cccc(F)c(F)c1F.Fc1[c-][pH]cccc(F)c(F)c1F.[Li+].[Li+]. The Kier molecular flexibility index (Phi) is 15.8. The van der Waals surface area contributed by atoms with Gasteiger partial charge in [0.2, 0.25) is 0 Å². The fourth-order valence-electron chi connectivity index (χ4n) is 1.23. The molecule has 0 nitrogen and oxygen atoms in total. The molecule has 0 amide bonds. The van der Waals surface area contributed by atoms with Crippen molar-refractivity contribution in [2.24, 2.45) is 0 Å². The van der Waals surface area contributed by atoms with Gasteiger partial charge >= 0.3 is 37.7 Å². The van der Waals surface area contributed by atoms with Crippen molar-refractivity contribution in [3.05, 3.63) is 94.0 Å². The van der Waals surface area contributed by atoms with E-state index in [0.29, 0.717) is 0 Å². The second-order valence-corrected chi connectivity index (χ2v) is 5.91. The molecule has 0 bridgehead atoms. The standard InChI is InChI=1S/2C8H4F4P.2Li/c2*9-5-2-1-3-13-4-6(10)8(12)7(5)11;;/h2*1-3,13H;;/q2*-1;2*+1. The molecular weight excluding hydrogens is 420 g/mol. The third-order valence-electron chi connectivity index (χ3n) is 2.40. The Morgan fingerprint density at radius 1 is 0.536 bits per heavy atom. The van der Waals surface area contributed by atoms with Crippen LogP contribution >= 0.6 is 16.4 Å². The zero-order valence-electron chi connectivity index (χ0n) is 14.5. The number of rotatable bonds is 0. The number of halogens is 8. The van der Waals surface area contributed by atoms with Crippen molar-refractivity contribution in [2.45, 2.75) is 0 Å². The molecule has 0 radical (unpaired) electrons. The average molecular weight is 428 g/mol. The molecule has 0 N–H and O–H groups in total. The molecule has 0 saturated carbocycles. The van der Waals surface area contributed by atoms with E-state index in [2.05, 4.69) is 0 Å².